The predicted molar refractivity (Wildman–Crippen MR) is 131 cm³/mol. The van der Waals surface area contributed by atoms with Crippen molar-refractivity contribution in [1.29, 1.82) is 0 Å². The summed E-state index contributed by atoms with van der Waals surface area (Å²) >= 11 is 7.66. The summed E-state index contributed by atoms with van der Waals surface area (Å²) < 4.78 is 7.72. The van der Waals surface area contributed by atoms with Gasteiger partial charge in [-0.05, 0) is 56.7 Å². The van der Waals surface area contributed by atoms with Gasteiger partial charge in [0.15, 0.2) is 0 Å². The summed E-state index contributed by atoms with van der Waals surface area (Å²) in [5, 5.41) is 4.83. The Bertz CT molecular complexity index is 1020. The van der Waals surface area contributed by atoms with E-state index in [1.54, 1.807) is 22.1 Å². The summed E-state index contributed by atoms with van der Waals surface area (Å²) in [5.74, 6) is 0.233. The van der Waals surface area contributed by atoms with E-state index in [1.807, 2.05) is 37.8 Å². The monoisotopic (exact) mass is 489 g/mol. The minimum absolute atomic E-state index is 0.00127. The van der Waals surface area contributed by atoms with Gasteiger partial charge in [-0.3, -0.25) is 4.79 Å². The van der Waals surface area contributed by atoms with Gasteiger partial charge in [0.25, 0.3) is 5.91 Å². The third-order valence-electron chi connectivity index (χ3n) is 6.58. The van der Waals surface area contributed by atoms with E-state index in [1.165, 1.54) is 4.88 Å². The molecule has 8 heteroatoms. The molecule has 1 amide bonds. The number of hydrogen-bond acceptors (Lipinski definition) is 5. The molecule has 4 rings (SSSR count). The Labute approximate surface area is 204 Å². The van der Waals surface area contributed by atoms with Crippen molar-refractivity contribution < 1.29 is 14.3 Å². The van der Waals surface area contributed by atoms with Crippen LogP contribution in [-0.4, -0.2) is 45.4 Å². The fourth-order valence-electron chi connectivity index (χ4n) is 4.97. The van der Waals surface area contributed by atoms with Crippen LogP contribution < -0.4 is 0 Å². The second kappa shape index (κ2) is 9.63. The van der Waals surface area contributed by atoms with Crippen molar-refractivity contribution in [3.8, 4) is 0 Å². The Balaban J connectivity index is 1.54. The summed E-state index contributed by atoms with van der Waals surface area (Å²) in [5.41, 5.74) is 1.37. The van der Waals surface area contributed by atoms with E-state index < -0.39 is 5.41 Å². The second-order valence-corrected chi connectivity index (χ2v) is 11.9. The van der Waals surface area contributed by atoms with E-state index in [-0.39, 0.29) is 36.6 Å². The molecule has 0 saturated carbocycles. The van der Waals surface area contributed by atoms with Crippen LogP contribution >= 0.6 is 22.9 Å². The molecule has 2 saturated heterocycles. The number of carbonyl (C=O) groups excluding carboxylic acids is 2. The zero-order valence-corrected chi connectivity index (χ0v) is 21.1. The molecule has 4 heterocycles. The first kappa shape index (κ1) is 24.0. The topological polar surface area (TPSA) is 64.4 Å². The maximum absolute atomic E-state index is 13.2. The Kier molecular flexibility index (Phi) is 7.01. The van der Waals surface area contributed by atoms with Crippen molar-refractivity contribution in [2.45, 2.75) is 77.3 Å². The number of piperidine rings is 1. The van der Waals surface area contributed by atoms with Crippen molar-refractivity contribution in [3.05, 3.63) is 51.5 Å². The fraction of sp³-hybridized carbons (Fsp3) is 0.560. The SMILES string of the molecule is C=CCOC(=O)N1C2CCC1CC(c1cc(CCc3ccc(Cl)s3)n(C(=O)C(C)(C)C)n1)C2. The zero-order valence-electron chi connectivity index (χ0n) is 19.6. The smallest absolute Gasteiger partial charge is 0.410 e. The number of thiophene rings is 1. The maximum Gasteiger partial charge on any atom is 0.410 e. The lowest BCUT2D eigenvalue weighted by atomic mass is 9.88. The number of fused-ring (bicyclic) bond motifs is 2. The van der Waals surface area contributed by atoms with Gasteiger partial charge in [0.05, 0.1) is 10.0 Å². The number of ether oxygens (including phenoxy) is 1. The summed E-state index contributed by atoms with van der Waals surface area (Å²) in [6.07, 6.45) is 6.56. The minimum atomic E-state index is -0.526. The second-order valence-electron chi connectivity index (χ2n) is 10.1. The molecule has 2 atom stereocenters. The van der Waals surface area contributed by atoms with Crippen molar-refractivity contribution in [2.75, 3.05) is 6.61 Å². The molecular formula is C25H32ClN3O3S. The van der Waals surface area contributed by atoms with E-state index in [0.717, 1.165) is 54.2 Å². The number of hydrogen-bond donors (Lipinski definition) is 0. The predicted octanol–water partition coefficient (Wildman–Crippen LogP) is 6.10. The quantitative estimate of drug-likeness (QED) is 0.459. The van der Waals surface area contributed by atoms with Gasteiger partial charge in [-0.15, -0.1) is 11.3 Å². The number of nitrogens with zero attached hydrogens (tertiary/aromatic N) is 3. The molecule has 2 bridgehead atoms. The molecule has 2 aromatic rings. The fourth-order valence-corrected chi connectivity index (χ4v) is 6.06. The largest absolute Gasteiger partial charge is 0.445 e. The van der Waals surface area contributed by atoms with Crippen LogP contribution in [0.1, 0.15) is 73.4 Å². The van der Waals surface area contributed by atoms with E-state index in [0.29, 0.717) is 0 Å². The number of rotatable bonds is 6. The average Bonchev–Trinajstić information content (AvgIpc) is 3.45. The summed E-state index contributed by atoms with van der Waals surface area (Å²) in [6.45, 7) is 9.62. The van der Waals surface area contributed by atoms with Gasteiger partial charge in [0, 0.05) is 34.0 Å². The van der Waals surface area contributed by atoms with Crippen molar-refractivity contribution in [3.63, 3.8) is 0 Å². The molecule has 0 spiro atoms. The molecule has 33 heavy (non-hydrogen) atoms. The Morgan fingerprint density at radius 3 is 2.52 bits per heavy atom. The molecule has 178 valence electrons. The third kappa shape index (κ3) is 5.19. The summed E-state index contributed by atoms with van der Waals surface area (Å²) in [7, 11) is 0. The number of aromatic nitrogens is 2. The van der Waals surface area contributed by atoms with Gasteiger partial charge in [0.2, 0.25) is 0 Å². The van der Waals surface area contributed by atoms with Crippen LogP contribution in [0.4, 0.5) is 4.79 Å². The number of aryl methyl sites for hydroxylation is 2. The van der Waals surface area contributed by atoms with Crippen LogP contribution in [0.2, 0.25) is 4.34 Å². The van der Waals surface area contributed by atoms with E-state index in [2.05, 4.69) is 12.6 Å². The van der Waals surface area contributed by atoms with Crippen LogP contribution in [0.5, 0.6) is 0 Å². The molecule has 0 N–H and O–H groups in total. The molecule has 2 aliphatic rings. The highest BCUT2D eigenvalue weighted by molar-refractivity contribution is 7.16. The van der Waals surface area contributed by atoms with E-state index in [4.69, 9.17) is 21.4 Å². The number of halogens is 1. The molecule has 0 radical (unpaired) electrons. The van der Waals surface area contributed by atoms with Crippen LogP contribution in [0.3, 0.4) is 0 Å². The van der Waals surface area contributed by atoms with Gasteiger partial charge < -0.3 is 9.64 Å². The van der Waals surface area contributed by atoms with Gasteiger partial charge in [-0.2, -0.15) is 5.10 Å². The highest BCUT2D eigenvalue weighted by Crippen LogP contribution is 2.43. The molecule has 2 fully saturated rings. The van der Waals surface area contributed by atoms with Gasteiger partial charge >= 0.3 is 6.09 Å². The van der Waals surface area contributed by atoms with Crippen LogP contribution in [0.25, 0.3) is 0 Å². The lowest BCUT2D eigenvalue weighted by molar-refractivity contribution is 0.0719. The molecule has 2 aliphatic heterocycles. The van der Waals surface area contributed by atoms with Crippen LogP contribution in [0, 0.1) is 5.41 Å². The third-order valence-corrected chi connectivity index (χ3v) is 7.87. The van der Waals surface area contributed by atoms with Crippen LogP contribution in [-0.2, 0) is 17.6 Å². The molecule has 0 aliphatic carbocycles. The van der Waals surface area contributed by atoms with E-state index >= 15 is 0 Å². The summed E-state index contributed by atoms with van der Waals surface area (Å²) in [6, 6.07) is 6.37. The first-order valence-corrected chi connectivity index (χ1v) is 12.8. The minimum Gasteiger partial charge on any atom is -0.445 e. The Morgan fingerprint density at radius 1 is 1.24 bits per heavy atom. The first-order valence-electron chi connectivity index (χ1n) is 11.6. The maximum atomic E-state index is 13.2. The van der Waals surface area contributed by atoms with Gasteiger partial charge in [-0.1, -0.05) is 45.0 Å². The molecular weight excluding hydrogens is 458 g/mol. The molecule has 2 aromatic heterocycles. The zero-order chi connectivity index (χ0) is 23.8. The van der Waals surface area contributed by atoms with E-state index in [9.17, 15) is 9.59 Å². The molecule has 0 aromatic carbocycles. The number of carbonyl (C=O) groups is 2. The normalized spacial score (nSPS) is 22.4. The van der Waals surface area contributed by atoms with Crippen molar-refractivity contribution in [1.82, 2.24) is 14.7 Å². The Morgan fingerprint density at radius 2 is 1.94 bits per heavy atom. The highest BCUT2D eigenvalue weighted by atomic mass is 35.5. The Hall–Kier alpha value is -2.12. The average molecular weight is 490 g/mol. The molecule has 6 nitrogen and oxygen atoms in total. The van der Waals surface area contributed by atoms with Gasteiger partial charge in [-0.25, -0.2) is 9.48 Å². The highest BCUT2D eigenvalue weighted by Gasteiger charge is 2.45. The first-order chi connectivity index (χ1) is 15.7. The van der Waals surface area contributed by atoms with Crippen molar-refractivity contribution in [2.24, 2.45) is 5.41 Å². The van der Waals surface area contributed by atoms with Crippen LogP contribution in [0.15, 0.2) is 30.9 Å². The lowest BCUT2D eigenvalue weighted by Gasteiger charge is -2.37. The summed E-state index contributed by atoms with van der Waals surface area (Å²) in [4.78, 5) is 28.8. The lowest BCUT2D eigenvalue weighted by Crippen LogP contribution is -2.46. The van der Waals surface area contributed by atoms with Gasteiger partial charge in [0.1, 0.15) is 6.61 Å². The standard InChI is InChI=1S/C25H32ClN3O3S/c1-5-12-32-24(31)28-17-6-7-18(28)14-16(13-17)21-15-19(8-9-20-10-11-22(26)33-20)29(27-21)23(30)25(2,3)4/h5,10-11,15-18H,1,6-9,12-14H2,2-4H3. The van der Waals surface area contributed by atoms with Crippen molar-refractivity contribution >= 4 is 34.9 Å². The molecule has 2 unspecified atom stereocenters. The number of amides is 1.